The molecule has 1 aliphatic rings. The molecule has 1 aromatic carbocycles. The topological polar surface area (TPSA) is 88.4 Å². The van der Waals surface area contributed by atoms with E-state index in [4.69, 9.17) is 4.42 Å². The lowest BCUT2D eigenvalue weighted by Crippen LogP contribution is -2.27. The number of carbonyl (C=O) groups is 1. The Bertz CT molecular complexity index is 823. The molecule has 0 spiro atoms. The van der Waals surface area contributed by atoms with Gasteiger partial charge in [-0.05, 0) is 49.7 Å². The van der Waals surface area contributed by atoms with Gasteiger partial charge >= 0.3 is 0 Å². The molecule has 3 rings (SSSR count). The zero-order valence-corrected chi connectivity index (χ0v) is 13.0. The van der Waals surface area contributed by atoms with Crippen molar-refractivity contribution in [1.29, 1.82) is 0 Å². The Balaban J connectivity index is 1.89. The van der Waals surface area contributed by atoms with Crippen LogP contribution in [-0.2, 0) is 26.8 Å². The van der Waals surface area contributed by atoms with Crippen molar-refractivity contribution in [3.05, 3.63) is 47.9 Å². The first kappa shape index (κ1) is 14.8. The smallest absolute Gasteiger partial charge is 0.240 e. The molecule has 0 atom stereocenters. The number of hydrogen-bond donors (Lipinski definition) is 2. The normalized spacial score (nSPS) is 16.4. The van der Waals surface area contributed by atoms with Crippen LogP contribution < -0.4 is 10.0 Å². The van der Waals surface area contributed by atoms with Crippen molar-refractivity contribution < 1.29 is 17.6 Å². The first-order chi connectivity index (χ1) is 10.3. The summed E-state index contributed by atoms with van der Waals surface area (Å²) in [5, 5.41) is 2.75. The number of nitrogens with one attached hydrogen (secondary N) is 2. The summed E-state index contributed by atoms with van der Waals surface area (Å²) in [5.41, 5.74) is 0.584. The molecule has 1 aromatic heterocycles. The lowest BCUT2D eigenvalue weighted by molar-refractivity contribution is -0.119. The van der Waals surface area contributed by atoms with E-state index >= 15 is 0 Å². The lowest BCUT2D eigenvalue weighted by Gasteiger charge is -2.16. The van der Waals surface area contributed by atoms with Crippen LogP contribution in [0.1, 0.15) is 25.2 Å². The molecule has 2 N–H and O–H groups in total. The van der Waals surface area contributed by atoms with E-state index in [1.165, 1.54) is 18.4 Å². The van der Waals surface area contributed by atoms with E-state index in [2.05, 4.69) is 10.0 Å². The molecule has 0 fully saturated rings. The van der Waals surface area contributed by atoms with Crippen LogP contribution in [0.3, 0.4) is 0 Å². The van der Waals surface area contributed by atoms with Gasteiger partial charge in [-0.3, -0.25) is 4.79 Å². The van der Waals surface area contributed by atoms with Gasteiger partial charge in [-0.15, -0.1) is 0 Å². The van der Waals surface area contributed by atoms with Crippen molar-refractivity contribution in [3.63, 3.8) is 0 Å². The monoisotopic (exact) mass is 320 g/mol. The Labute approximate surface area is 128 Å². The van der Waals surface area contributed by atoms with Gasteiger partial charge in [0.1, 0.15) is 5.76 Å². The third-order valence-electron chi connectivity index (χ3n) is 3.81. The van der Waals surface area contributed by atoms with Crippen LogP contribution in [-0.4, -0.2) is 14.3 Å². The average molecular weight is 320 g/mol. The van der Waals surface area contributed by atoms with E-state index in [0.29, 0.717) is 17.0 Å². The predicted molar refractivity (Wildman–Crippen MR) is 80.8 cm³/mol. The molecule has 0 unspecified atom stereocenters. The zero-order chi connectivity index (χ0) is 16.0. The first-order valence-corrected chi connectivity index (χ1v) is 8.27. The average Bonchev–Trinajstić information content (AvgIpc) is 3.05. The molecule has 0 saturated carbocycles. The molecular formula is C15H16N2O4S. The minimum absolute atomic E-state index is 0.0764. The molecule has 116 valence electrons. The van der Waals surface area contributed by atoms with Gasteiger partial charge in [-0.1, -0.05) is 0 Å². The van der Waals surface area contributed by atoms with Gasteiger partial charge in [0.15, 0.2) is 0 Å². The Hall–Kier alpha value is -2.12. The van der Waals surface area contributed by atoms with E-state index in [1.54, 1.807) is 32.0 Å². The van der Waals surface area contributed by atoms with Crippen LogP contribution in [0.25, 0.3) is 0 Å². The van der Waals surface area contributed by atoms with Gasteiger partial charge in [0.2, 0.25) is 15.9 Å². The van der Waals surface area contributed by atoms with Crippen LogP contribution >= 0.6 is 0 Å². The molecule has 1 amide bonds. The number of hydrogen-bond acceptors (Lipinski definition) is 4. The van der Waals surface area contributed by atoms with E-state index in [-0.39, 0.29) is 17.3 Å². The molecule has 7 heteroatoms. The quantitative estimate of drug-likeness (QED) is 0.901. The largest absolute Gasteiger partial charge is 0.468 e. The third kappa shape index (κ3) is 2.42. The Morgan fingerprint density at radius 3 is 2.73 bits per heavy atom. The molecule has 0 aliphatic carbocycles. The highest BCUT2D eigenvalue weighted by Gasteiger charge is 2.39. The predicted octanol–water partition coefficient (Wildman–Crippen LogP) is 1.99. The molecule has 0 radical (unpaired) electrons. The SMILES string of the molecule is CC1(C)C(=O)Nc2ccc(S(=O)(=O)NCc3ccco3)cc21. The van der Waals surface area contributed by atoms with Crippen molar-refractivity contribution in [1.82, 2.24) is 4.72 Å². The maximum absolute atomic E-state index is 12.4. The van der Waals surface area contributed by atoms with E-state index < -0.39 is 15.4 Å². The Kier molecular flexibility index (Phi) is 3.34. The number of amides is 1. The molecule has 0 saturated heterocycles. The molecule has 0 bridgehead atoms. The number of sulfonamides is 1. The maximum atomic E-state index is 12.4. The third-order valence-corrected chi connectivity index (χ3v) is 5.21. The van der Waals surface area contributed by atoms with Crippen LogP contribution in [0.4, 0.5) is 5.69 Å². The lowest BCUT2D eigenvalue weighted by atomic mass is 9.86. The standard InChI is InChI=1S/C15H16N2O4S/c1-15(2)12-8-11(5-6-13(12)17-14(15)18)22(19,20)16-9-10-4-3-7-21-10/h3-8,16H,9H2,1-2H3,(H,17,18). The second kappa shape index (κ2) is 4.96. The summed E-state index contributed by atoms with van der Waals surface area (Å²) in [6.45, 7) is 3.61. The fraction of sp³-hybridized carbons (Fsp3) is 0.267. The van der Waals surface area contributed by atoms with Crippen LogP contribution in [0, 0.1) is 0 Å². The second-order valence-electron chi connectivity index (χ2n) is 5.69. The van der Waals surface area contributed by atoms with Gasteiger partial charge in [0.05, 0.1) is 23.1 Å². The van der Waals surface area contributed by atoms with Gasteiger partial charge in [-0.2, -0.15) is 0 Å². The molecule has 22 heavy (non-hydrogen) atoms. The zero-order valence-electron chi connectivity index (χ0n) is 12.2. The van der Waals surface area contributed by atoms with E-state index in [9.17, 15) is 13.2 Å². The fourth-order valence-corrected chi connectivity index (χ4v) is 3.40. The van der Waals surface area contributed by atoms with Gasteiger partial charge in [-0.25, -0.2) is 13.1 Å². The highest BCUT2D eigenvalue weighted by molar-refractivity contribution is 7.89. The van der Waals surface area contributed by atoms with E-state index in [0.717, 1.165) is 0 Å². The summed E-state index contributed by atoms with van der Waals surface area (Å²) in [4.78, 5) is 12.0. The van der Waals surface area contributed by atoms with Gasteiger partial charge < -0.3 is 9.73 Å². The van der Waals surface area contributed by atoms with Gasteiger partial charge in [0, 0.05) is 5.69 Å². The van der Waals surface area contributed by atoms with Gasteiger partial charge in [0.25, 0.3) is 0 Å². The van der Waals surface area contributed by atoms with Crippen LogP contribution in [0.2, 0.25) is 0 Å². The Morgan fingerprint density at radius 1 is 1.27 bits per heavy atom. The Morgan fingerprint density at radius 2 is 2.05 bits per heavy atom. The molecule has 6 nitrogen and oxygen atoms in total. The minimum atomic E-state index is -3.67. The van der Waals surface area contributed by atoms with E-state index in [1.807, 2.05) is 0 Å². The van der Waals surface area contributed by atoms with Crippen LogP contribution in [0.15, 0.2) is 45.9 Å². The summed E-state index contributed by atoms with van der Waals surface area (Å²) < 4.78 is 32.3. The summed E-state index contributed by atoms with van der Waals surface area (Å²) in [5.74, 6) is 0.391. The summed E-state index contributed by atoms with van der Waals surface area (Å²) in [7, 11) is -3.67. The number of benzene rings is 1. The first-order valence-electron chi connectivity index (χ1n) is 6.79. The van der Waals surface area contributed by atoms with Crippen molar-refractivity contribution in [2.24, 2.45) is 0 Å². The molecule has 2 aromatic rings. The highest BCUT2D eigenvalue weighted by atomic mass is 32.2. The highest BCUT2D eigenvalue weighted by Crippen LogP contribution is 2.38. The maximum Gasteiger partial charge on any atom is 0.240 e. The van der Waals surface area contributed by atoms with Crippen molar-refractivity contribution >= 4 is 21.6 Å². The number of carbonyl (C=O) groups excluding carboxylic acids is 1. The fourth-order valence-electron chi connectivity index (χ4n) is 2.38. The number of anilines is 1. The molecule has 1 aliphatic heterocycles. The summed E-state index contributed by atoms with van der Waals surface area (Å²) >= 11 is 0. The van der Waals surface area contributed by atoms with Crippen molar-refractivity contribution in [2.75, 3.05) is 5.32 Å². The second-order valence-corrected chi connectivity index (χ2v) is 7.46. The number of furan rings is 1. The van der Waals surface area contributed by atoms with Crippen molar-refractivity contribution in [2.45, 2.75) is 30.7 Å². The summed E-state index contributed by atoms with van der Waals surface area (Å²) in [6.07, 6.45) is 1.48. The summed E-state index contributed by atoms with van der Waals surface area (Å²) in [6, 6.07) is 8.02. The molecular weight excluding hydrogens is 304 g/mol. The number of rotatable bonds is 4. The van der Waals surface area contributed by atoms with Crippen LogP contribution in [0.5, 0.6) is 0 Å². The minimum Gasteiger partial charge on any atom is -0.468 e. The number of fused-ring (bicyclic) bond motifs is 1. The molecule has 2 heterocycles. The van der Waals surface area contributed by atoms with Crippen molar-refractivity contribution in [3.8, 4) is 0 Å².